The van der Waals surface area contributed by atoms with E-state index in [2.05, 4.69) is 118 Å². The third-order valence-corrected chi connectivity index (χ3v) is 9.80. The summed E-state index contributed by atoms with van der Waals surface area (Å²) in [6.45, 7) is 6.56. The van der Waals surface area contributed by atoms with Gasteiger partial charge in [0.2, 0.25) is 0 Å². The van der Waals surface area contributed by atoms with Crippen molar-refractivity contribution < 1.29 is 10.2 Å². The molecule has 0 saturated heterocycles. The highest BCUT2D eigenvalue weighted by molar-refractivity contribution is 6.25. The van der Waals surface area contributed by atoms with Gasteiger partial charge in [-0.25, -0.2) is 0 Å². The molecule has 0 heterocycles. The molecule has 8 rings (SSSR count). The van der Waals surface area contributed by atoms with E-state index < -0.39 is 5.41 Å². The second kappa shape index (κ2) is 9.25. The minimum Gasteiger partial charge on any atom is -0.395 e. The van der Waals surface area contributed by atoms with E-state index in [0.717, 1.165) is 33.4 Å². The number of hydrogen-bond acceptors (Lipinski definition) is 2. The largest absolute Gasteiger partial charge is 0.395 e. The molecule has 1 aliphatic carbocycles. The summed E-state index contributed by atoms with van der Waals surface area (Å²) in [6.07, 6.45) is 0. The predicted molar refractivity (Wildman–Crippen MR) is 180 cm³/mol. The lowest BCUT2D eigenvalue weighted by molar-refractivity contribution is 0.146. The van der Waals surface area contributed by atoms with Crippen molar-refractivity contribution in [2.45, 2.75) is 31.6 Å². The smallest absolute Gasteiger partial charge is 0.0676 e. The zero-order valence-electron chi connectivity index (χ0n) is 24.8. The molecule has 0 atom stereocenters. The van der Waals surface area contributed by atoms with E-state index in [-0.39, 0.29) is 18.6 Å². The van der Waals surface area contributed by atoms with Crippen LogP contribution in [0.5, 0.6) is 0 Å². The van der Waals surface area contributed by atoms with Crippen LogP contribution in [0, 0.1) is 0 Å². The predicted octanol–water partition coefficient (Wildman–Crippen LogP) is 9.47. The first kappa shape index (κ1) is 26.2. The molecule has 0 amide bonds. The van der Waals surface area contributed by atoms with Crippen molar-refractivity contribution in [1.29, 1.82) is 0 Å². The molecule has 2 heteroatoms. The molecule has 7 aromatic carbocycles. The monoisotopic (exact) mass is 558 g/mol. The molecule has 2 N–H and O–H groups in total. The first-order chi connectivity index (χ1) is 20.8. The van der Waals surface area contributed by atoms with Gasteiger partial charge in [0.15, 0.2) is 0 Å². The van der Waals surface area contributed by atoms with Crippen molar-refractivity contribution in [1.82, 2.24) is 0 Å². The van der Waals surface area contributed by atoms with E-state index in [4.69, 9.17) is 0 Å². The van der Waals surface area contributed by atoms with Crippen molar-refractivity contribution in [2.75, 3.05) is 13.2 Å². The fourth-order valence-corrected chi connectivity index (χ4v) is 7.37. The van der Waals surface area contributed by atoms with Crippen molar-refractivity contribution in [3.8, 4) is 33.4 Å². The van der Waals surface area contributed by atoms with Gasteiger partial charge in [-0.3, -0.25) is 0 Å². The molecule has 210 valence electrons. The van der Waals surface area contributed by atoms with E-state index in [9.17, 15) is 10.2 Å². The molecule has 1 aliphatic rings. The van der Waals surface area contributed by atoms with Gasteiger partial charge < -0.3 is 10.2 Å². The number of aliphatic hydroxyl groups excluding tert-OH is 2. The molecule has 0 aliphatic heterocycles. The maximum absolute atomic E-state index is 10.5. The lowest BCUT2D eigenvalue weighted by atomic mass is 9.79. The second-order valence-electron chi connectivity index (χ2n) is 13.2. The average Bonchev–Trinajstić information content (AvgIpc) is 3.32. The van der Waals surface area contributed by atoms with Gasteiger partial charge in [0, 0.05) is 0 Å². The van der Waals surface area contributed by atoms with Gasteiger partial charge in [0.25, 0.3) is 0 Å². The number of rotatable bonds is 4. The van der Waals surface area contributed by atoms with Crippen LogP contribution >= 0.6 is 0 Å². The van der Waals surface area contributed by atoms with Crippen LogP contribution in [0.4, 0.5) is 0 Å². The van der Waals surface area contributed by atoms with Crippen molar-refractivity contribution in [2.24, 2.45) is 0 Å². The Morgan fingerprint density at radius 3 is 1.81 bits per heavy atom. The normalized spacial score (nSPS) is 14.1. The highest BCUT2D eigenvalue weighted by Gasteiger charge is 2.42. The molecule has 7 aromatic rings. The molecule has 0 spiro atoms. The number of aliphatic hydroxyl groups is 2. The molecule has 2 nitrogen and oxygen atoms in total. The van der Waals surface area contributed by atoms with Crippen LogP contribution in [0.25, 0.3) is 65.7 Å². The third kappa shape index (κ3) is 3.73. The van der Waals surface area contributed by atoms with Crippen molar-refractivity contribution in [3.05, 3.63) is 132 Å². The van der Waals surface area contributed by atoms with E-state index >= 15 is 0 Å². The fourth-order valence-electron chi connectivity index (χ4n) is 7.37. The summed E-state index contributed by atoms with van der Waals surface area (Å²) in [5, 5.41) is 28.8. The van der Waals surface area contributed by atoms with E-state index in [0.29, 0.717) is 0 Å². The zero-order valence-corrected chi connectivity index (χ0v) is 24.8. The van der Waals surface area contributed by atoms with Crippen LogP contribution in [-0.2, 0) is 10.8 Å². The van der Waals surface area contributed by atoms with Crippen LogP contribution in [0.1, 0.15) is 37.5 Å². The maximum atomic E-state index is 10.5. The average molecular weight is 559 g/mol. The van der Waals surface area contributed by atoms with Gasteiger partial charge in [-0.15, -0.1) is 0 Å². The maximum Gasteiger partial charge on any atom is 0.0676 e. The molecular formula is C41H34O2. The summed E-state index contributed by atoms with van der Waals surface area (Å²) < 4.78 is 0. The van der Waals surface area contributed by atoms with Gasteiger partial charge in [0.05, 0.1) is 18.6 Å². The van der Waals surface area contributed by atoms with E-state index in [1.54, 1.807) is 0 Å². The van der Waals surface area contributed by atoms with Gasteiger partial charge in [-0.1, -0.05) is 130 Å². The van der Waals surface area contributed by atoms with E-state index in [1.807, 2.05) is 18.2 Å². The van der Waals surface area contributed by atoms with Gasteiger partial charge in [0.1, 0.15) is 0 Å². The van der Waals surface area contributed by atoms with Crippen LogP contribution in [-0.4, -0.2) is 23.4 Å². The molecule has 0 bridgehead atoms. The summed E-state index contributed by atoms with van der Waals surface area (Å²) in [7, 11) is 0. The van der Waals surface area contributed by atoms with Crippen molar-refractivity contribution in [3.63, 3.8) is 0 Å². The Bertz CT molecular complexity index is 2160. The number of fused-ring (bicyclic) bond motifs is 3. The molecule has 0 unspecified atom stereocenters. The summed E-state index contributed by atoms with van der Waals surface area (Å²) in [4.78, 5) is 0. The molecule has 0 aromatic heterocycles. The molecule has 43 heavy (non-hydrogen) atoms. The Kier molecular flexibility index (Phi) is 5.62. The minimum atomic E-state index is -0.794. The molecule has 0 radical (unpaired) electrons. The summed E-state index contributed by atoms with van der Waals surface area (Å²) >= 11 is 0. The van der Waals surface area contributed by atoms with Gasteiger partial charge >= 0.3 is 0 Å². The van der Waals surface area contributed by atoms with Crippen LogP contribution < -0.4 is 0 Å². The standard InChI is InChI=1S/C41H34O2/c1-40(2,3)31-20-29-13-12-27-14-17-32(35-19-16-30(21-31)38(29)39(27)35)26-10-8-25(9-11-26)28-15-18-34-33-6-4-5-7-36(33)41(23-42,24-43)37(34)22-28/h4-22,42-43H,23-24H2,1-3H3. The molecule has 0 saturated carbocycles. The lowest BCUT2D eigenvalue weighted by Gasteiger charge is -2.27. The Labute approximate surface area is 252 Å². The molecule has 0 fully saturated rings. The topological polar surface area (TPSA) is 40.5 Å². The first-order valence-corrected chi connectivity index (χ1v) is 15.1. The van der Waals surface area contributed by atoms with Crippen LogP contribution in [0.15, 0.2) is 115 Å². The summed E-state index contributed by atoms with van der Waals surface area (Å²) in [6, 6.07) is 41.7. The minimum absolute atomic E-state index is 0.0951. The van der Waals surface area contributed by atoms with Crippen LogP contribution in [0.2, 0.25) is 0 Å². The van der Waals surface area contributed by atoms with Gasteiger partial charge in [-0.2, -0.15) is 0 Å². The highest BCUT2D eigenvalue weighted by Crippen LogP contribution is 2.50. The highest BCUT2D eigenvalue weighted by atomic mass is 16.3. The Hall–Kier alpha value is -4.50. The quantitative estimate of drug-likeness (QED) is 0.211. The summed E-state index contributed by atoms with van der Waals surface area (Å²) in [5.74, 6) is 0. The van der Waals surface area contributed by atoms with Crippen LogP contribution in [0.3, 0.4) is 0 Å². The SMILES string of the molecule is CC(C)(C)c1cc2ccc3ccc(-c4ccc(-c5ccc6c(c5)C(CO)(CO)c5ccccc5-6)cc4)c4ccc(c1)c2c34. The summed E-state index contributed by atoms with van der Waals surface area (Å²) in [5.41, 5.74) is 9.42. The second-order valence-corrected chi connectivity index (χ2v) is 13.2. The van der Waals surface area contributed by atoms with E-state index in [1.165, 1.54) is 49.0 Å². The Balaban J connectivity index is 1.22. The lowest BCUT2D eigenvalue weighted by Crippen LogP contribution is -2.34. The third-order valence-electron chi connectivity index (χ3n) is 9.80. The number of benzene rings is 7. The number of hydrogen-bond donors (Lipinski definition) is 2. The van der Waals surface area contributed by atoms with Gasteiger partial charge in [-0.05, 0) is 93.9 Å². The zero-order chi connectivity index (χ0) is 29.5. The first-order valence-electron chi connectivity index (χ1n) is 15.1. The van der Waals surface area contributed by atoms with Crippen molar-refractivity contribution >= 4 is 32.3 Å². The molecular weight excluding hydrogens is 524 g/mol. The Morgan fingerprint density at radius 2 is 1.09 bits per heavy atom. The Morgan fingerprint density at radius 1 is 0.512 bits per heavy atom. The fraction of sp³-hybridized carbons (Fsp3) is 0.171.